The van der Waals surface area contributed by atoms with Gasteiger partial charge in [-0.1, -0.05) is 18.5 Å². The number of nitrogens with zero attached hydrogens (tertiary/aromatic N) is 3. The highest BCUT2D eigenvalue weighted by molar-refractivity contribution is 7.99. The van der Waals surface area contributed by atoms with Crippen LogP contribution in [-0.2, 0) is 0 Å². The molecule has 0 bridgehead atoms. The van der Waals surface area contributed by atoms with Crippen LogP contribution in [0.3, 0.4) is 0 Å². The van der Waals surface area contributed by atoms with E-state index in [9.17, 15) is 0 Å². The van der Waals surface area contributed by atoms with Gasteiger partial charge in [0, 0.05) is 9.92 Å². The number of rotatable bonds is 5. The van der Waals surface area contributed by atoms with Crippen molar-refractivity contribution < 1.29 is 4.74 Å². The van der Waals surface area contributed by atoms with E-state index in [1.165, 1.54) is 11.8 Å². The summed E-state index contributed by atoms with van der Waals surface area (Å²) in [5, 5.41) is 1.19. The molecule has 0 saturated carbocycles. The van der Waals surface area contributed by atoms with Crippen LogP contribution in [0.25, 0.3) is 0 Å². The van der Waals surface area contributed by atoms with Crippen molar-refractivity contribution in [2.75, 3.05) is 12.3 Å². The molecule has 7 heteroatoms. The number of anilines is 1. The molecule has 0 fully saturated rings. The normalized spacial score (nSPS) is 10.4. The topological polar surface area (TPSA) is 73.9 Å². The fourth-order valence-corrected chi connectivity index (χ4v) is 2.14. The lowest BCUT2D eigenvalue weighted by molar-refractivity contribution is 0.288. The van der Waals surface area contributed by atoms with Crippen molar-refractivity contribution in [3.05, 3.63) is 29.3 Å². The van der Waals surface area contributed by atoms with E-state index in [1.54, 1.807) is 0 Å². The Balaban J connectivity index is 2.15. The first-order valence-corrected chi connectivity index (χ1v) is 6.94. The molecule has 1 aromatic heterocycles. The number of nitrogen functional groups attached to an aromatic ring is 1. The second-order valence-electron chi connectivity index (χ2n) is 3.66. The van der Waals surface area contributed by atoms with Gasteiger partial charge in [0.15, 0.2) is 0 Å². The fourth-order valence-electron chi connectivity index (χ4n) is 1.26. The molecule has 1 aromatic carbocycles. The molecule has 19 heavy (non-hydrogen) atoms. The summed E-state index contributed by atoms with van der Waals surface area (Å²) >= 11 is 7.21. The smallest absolute Gasteiger partial charge is 0.322 e. The zero-order valence-corrected chi connectivity index (χ0v) is 11.9. The van der Waals surface area contributed by atoms with Crippen molar-refractivity contribution in [2.24, 2.45) is 0 Å². The molecule has 0 aliphatic heterocycles. The summed E-state index contributed by atoms with van der Waals surface area (Å²) in [4.78, 5) is 13.2. The molecule has 0 saturated heterocycles. The van der Waals surface area contributed by atoms with Crippen LogP contribution in [0.15, 0.2) is 34.3 Å². The minimum absolute atomic E-state index is 0.151. The Hall–Kier alpha value is -1.53. The third kappa shape index (κ3) is 4.25. The van der Waals surface area contributed by atoms with Crippen molar-refractivity contribution in [2.45, 2.75) is 23.4 Å². The van der Waals surface area contributed by atoms with E-state index < -0.39 is 0 Å². The van der Waals surface area contributed by atoms with Gasteiger partial charge in [-0.15, -0.1) is 0 Å². The van der Waals surface area contributed by atoms with Gasteiger partial charge in [-0.3, -0.25) is 0 Å². The van der Waals surface area contributed by atoms with Crippen LogP contribution in [-0.4, -0.2) is 21.6 Å². The lowest BCUT2D eigenvalue weighted by Crippen LogP contribution is -2.05. The van der Waals surface area contributed by atoms with Crippen LogP contribution in [0, 0.1) is 0 Å². The largest absolute Gasteiger partial charge is 0.463 e. The van der Waals surface area contributed by atoms with Crippen LogP contribution in [0.1, 0.15) is 13.3 Å². The Bertz CT molecular complexity index is 550. The number of nitrogens with two attached hydrogens (primary N) is 1. The van der Waals surface area contributed by atoms with Gasteiger partial charge >= 0.3 is 6.01 Å². The van der Waals surface area contributed by atoms with Gasteiger partial charge in [-0.25, -0.2) is 0 Å². The first-order chi connectivity index (χ1) is 9.17. The summed E-state index contributed by atoms with van der Waals surface area (Å²) in [6, 6.07) is 7.65. The molecule has 0 amide bonds. The fraction of sp³-hybridized carbons (Fsp3) is 0.250. The van der Waals surface area contributed by atoms with Crippen molar-refractivity contribution in [1.82, 2.24) is 15.0 Å². The average molecular weight is 297 g/mol. The monoisotopic (exact) mass is 296 g/mol. The quantitative estimate of drug-likeness (QED) is 0.914. The number of benzene rings is 1. The molecular weight excluding hydrogens is 284 g/mol. The maximum Gasteiger partial charge on any atom is 0.322 e. The second kappa shape index (κ2) is 6.58. The molecule has 0 aliphatic rings. The van der Waals surface area contributed by atoms with E-state index in [1.807, 2.05) is 31.2 Å². The molecular formula is C12H13ClN4OS. The SMILES string of the molecule is CCCOc1nc(N)nc(Sc2ccc(Cl)cc2)n1. The number of halogens is 1. The van der Waals surface area contributed by atoms with Crippen LogP contribution in [0.2, 0.25) is 5.02 Å². The second-order valence-corrected chi connectivity index (χ2v) is 5.14. The highest BCUT2D eigenvalue weighted by Crippen LogP contribution is 2.26. The van der Waals surface area contributed by atoms with Crippen LogP contribution in [0.4, 0.5) is 5.95 Å². The van der Waals surface area contributed by atoms with Crippen molar-refractivity contribution >= 4 is 29.3 Å². The van der Waals surface area contributed by atoms with Gasteiger partial charge < -0.3 is 10.5 Å². The Morgan fingerprint density at radius 3 is 2.63 bits per heavy atom. The van der Waals surface area contributed by atoms with E-state index in [0.717, 1.165) is 11.3 Å². The summed E-state index contributed by atoms with van der Waals surface area (Å²) in [5.74, 6) is 0.151. The predicted octanol–water partition coefficient (Wildman–Crippen LogP) is 3.05. The summed E-state index contributed by atoms with van der Waals surface area (Å²) in [7, 11) is 0. The third-order valence-corrected chi connectivity index (χ3v) is 3.19. The molecule has 0 aliphatic carbocycles. The number of hydrogen-bond acceptors (Lipinski definition) is 6. The van der Waals surface area contributed by atoms with Gasteiger partial charge in [-0.05, 0) is 42.4 Å². The van der Waals surface area contributed by atoms with E-state index in [4.69, 9.17) is 22.1 Å². The minimum Gasteiger partial charge on any atom is -0.463 e. The van der Waals surface area contributed by atoms with Gasteiger partial charge in [-0.2, -0.15) is 15.0 Å². The lowest BCUT2D eigenvalue weighted by Gasteiger charge is -2.05. The van der Waals surface area contributed by atoms with Crippen LogP contribution < -0.4 is 10.5 Å². The van der Waals surface area contributed by atoms with Gasteiger partial charge in [0.1, 0.15) is 0 Å². The molecule has 0 unspecified atom stereocenters. The Labute approximate surface area is 120 Å². The highest BCUT2D eigenvalue weighted by atomic mass is 35.5. The number of hydrogen-bond donors (Lipinski definition) is 1. The number of aromatic nitrogens is 3. The van der Waals surface area contributed by atoms with E-state index in [0.29, 0.717) is 16.8 Å². The molecule has 2 rings (SSSR count). The molecule has 1 heterocycles. The zero-order valence-electron chi connectivity index (χ0n) is 10.3. The molecule has 5 nitrogen and oxygen atoms in total. The van der Waals surface area contributed by atoms with Crippen LogP contribution in [0.5, 0.6) is 6.01 Å². The van der Waals surface area contributed by atoms with Crippen LogP contribution >= 0.6 is 23.4 Å². The summed E-state index contributed by atoms with van der Waals surface area (Å²) in [5.41, 5.74) is 5.63. The maximum absolute atomic E-state index is 5.83. The summed E-state index contributed by atoms with van der Waals surface area (Å²) in [6.45, 7) is 2.56. The van der Waals surface area contributed by atoms with Crippen molar-refractivity contribution in [3.8, 4) is 6.01 Å². The summed E-state index contributed by atoms with van der Waals surface area (Å²) in [6.07, 6.45) is 0.880. The summed E-state index contributed by atoms with van der Waals surface area (Å²) < 4.78 is 5.36. The van der Waals surface area contributed by atoms with Crippen molar-refractivity contribution in [1.29, 1.82) is 0 Å². The maximum atomic E-state index is 5.83. The van der Waals surface area contributed by atoms with Gasteiger partial charge in [0.2, 0.25) is 11.1 Å². The van der Waals surface area contributed by atoms with E-state index in [-0.39, 0.29) is 12.0 Å². The first kappa shape index (κ1) is 13.9. The van der Waals surface area contributed by atoms with E-state index in [2.05, 4.69) is 15.0 Å². The zero-order chi connectivity index (χ0) is 13.7. The Morgan fingerprint density at radius 1 is 1.21 bits per heavy atom. The highest BCUT2D eigenvalue weighted by Gasteiger charge is 2.07. The Kier molecular flexibility index (Phi) is 4.81. The van der Waals surface area contributed by atoms with E-state index >= 15 is 0 Å². The first-order valence-electron chi connectivity index (χ1n) is 5.75. The Morgan fingerprint density at radius 2 is 1.95 bits per heavy atom. The minimum atomic E-state index is 0.151. The van der Waals surface area contributed by atoms with Crippen molar-refractivity contribution in [3.63, 3.8) is 0 Å². The molecule has 100 valence electrons. The standard InChI is InChI=1S/C12H13ClN4OS/c1-2-7-18-11-15-10(14)16-12(17-11)19-9-5-3-8(13)4-6-9/h3-6H,2,7H2,1H3,(H2,14,15,16,17). The molecule has 0 radical (unpaired) electrons. The van der Waals surface area contributed by atoms with Gasteiger partial charge in [0.25, 0.3) is 0 Å². The average Bonchev–Trinajstić information content (AvgIpc) is 2.38. The lowest BCUT2D eigenvalue weighted by atomic mass is 10.4. The van der Waals surface area contributed by atoms with Gasteiger partial charge in [0.05, 0.1) is 6.61 Å². The molecule has 0 atom stereocenters. The predicted molar refractivity (Wildman–Crippen MR) is 75.6 cm³/mol. The molecule has 2 aromatic rings. The third-order valence-electron chi connectivity index (χ3n) is 2.07. The number of ether oxygens (including phenoxy) is 1. The molecule has 2 N–H and O–H groups in total. The molecule has 0 spiro atoms.